The largest absolute Gasteiger partial charge is 0.388 e. The fourth-order valence-electron chi connectivity index (χ4n) is 2.85. The van der Waals surface area contributed by atoms with E-state index in [1.165, 1.54) is 12.1 Å². The van der Waals surface area contributed by atoms with Crippen molar-refractivity contribution in [3.63, 3.8) is 0 Å². The smallest absolute Gasteiger partial charge is 0.125 e. The molecule has 1 N–H and O–H groups in total. The molecule has 0 fully saturated rings. The van der Waals surface area contributed by atoms with Gasteiger partial charge in [-0.3, -0.25) is 0 Å². The summed E-state index contributed by atoms with van der Waals surface area (Å²) in [5.74, 6) is -0.231. The van der Waals surface area contributed by atoms with Gasteiger partial charge in [0, 0.05) is 22.6 Å². The van der Waals surface area contributed by atoms with E-state index in [0.717, 1.165) is 41.9 Å². The Morgan fingerprint density at radius 1 is 1.33 bits per heavy atom. The van der Waals surface area contributed by atoms with Crippen molar-refractivity contribution >= 4 is 0 Å². The van der Waals surface area contributed by atoms with E-state index in [1.807, 2.05) is 19.1 Å². The lowest BCUT2D eigenvalue weighted by Crippen LogP contribution is -2.11. The Hall–Kier alpha value is -1.61. The SMILES string of the molecule is Cc1cc2c(n1-c1cccc(F)c1)CCCC2O. The number of hydrogen-bond donors (Lipinski definition) is 1. The van der Waals surface area contributed by atoms with Crippen LogP contribution in [-0.2, 0) is 6.42 Å². The highest BCUT2D eigenvalue weighted by Crippen LogP contribution is 2.33. The van der Waals surface area contributed by atoms with Crippen molar-refractivity contribution in [3.05, 3.63) is 53.1 Å². The van der Waals surface area contributed by atoms with Crippen molar-refractivity contribution in [2.45, 2.75) is 32.3 Å². The number of aliphatic hydroxyl groups is 1. The van der Waals surface area contributed by atoms with E-state index >= 15 is 0 Å². The summed E-state index contributed by atoms with van der Waals surface area (Å²) in [5, 5.41) is 10.0. The Morgan fingerprint density at radius 2 is 2.17 bits per heavy atom. The maximum absolute atomic E-state index is 13.3. The summed E-state index contributed by atoms with van der Waals surface area (Å²) in [6.07, 6.45) is 2.37. The van der Waals surface area contributed by atoms with Crippen LogP contribution in [0.25, 0.3) is 5.69 Å². The zero-order valence-electron chi connectivity index (χ0n) is 10.4. The zero-order chi connectivity index (χ0) is 12.7. The molecular formula is C15H16FNO. The first-order valence-corrected chi connectivity index (χ1v) is 6.32. The number of benzene rings is 1. The number of aryl methyl sites for hydroxylation is 1. The third-order valence-electron chi connectivity index (χ3n) is 3.64. The highest BCUT2D eigenvalue weighted by molar-refractivity contribution is 5.43. The molecule has 94 valence electrons. The van der Waals surface area contributed by atoms with Crippen molar-refractivity contribution in [1.29, 1.82) is 0 Å². The molecule has 1 aromatic carbocycles. The Balaban J connectivity index is 2.18. The van der Waals surface area contributed by atoms with Gasteiger partial charge in [0.25, 0.3) is 0 Å². The minimum Gasteiger partial charge on any atom is -0.388 e. The normalized spacial score (nSPS) is 18.7. The highest BCUT2D eigenvalue weighted by Gasteiger charge is 2.23. The summed E-state index contributed by atoms with van der Waals surface area (Å²) in [5.41, 5.74) is 4.01. The van der Waals surface area contributed by atoms with Crippen molar-refractivity contribution in [1.82, 2.24) is 4.57 Å². The van der Waals surface area contributed by atoms with Crippen molar-refractivity contribution in [2.75, 3.05) is 0 Å². The lowest BCUT2D eigenvalue weighted by Gasteiger charge is -2.20. The first-order chi connectivity index (χ1) is 8.66. The number of nitrogens with zero attached hydrogens (tertiary/aromatic N) is 1. The second-order valence-electron chi connectivity index (χ2n) is 4.91. The van der Waals surface area contributed by atoms with Gasteiger partial charge in [0.15, 0.2) is 0 Å². The number of aliphatic hydroxyl groups excluding tert-OH is 1. The molecule has 0 radical (unpaired) electrons. The van der Waals surface area contributed by atoms with E-state index < -0.39 is 0 Å². The van der Waals surface area contributed by atoms with Crippen LogP contribution in [0.5, 0.6) is 0 Å². The average molecular weight is 245 g/mol. The van der Waals surface area contributed by atoms with Gasteiger partial charge in [0.2, 0.25) is 0 Å². The fourth-order valence-corrected chi connectivity index (χ4v) is 2.85. The van der Waals surface area contributed by atoms with E-state index in [1.54, 1.807) is 6.07 Å². The molecule has 0 amide bonds. The summed E-state index contributed by atoms with van der Waals surface area (Å²) < 4.78 is 15.4. The standard InChI is InChI=1S/C15H16FNO/c1-10-8-13-14(6-3-7-15(13)18)17(10)12-5-2-4-11(16)9-12/h2,4-5,8-9,15,18H,3,6-7H2,1H3. The predicted octanol–water partition coefficient (Wildman–Crippen LogP) is 3.29. The van der Waals surface area contributed by atoms with Crippen LogP contribution in [0.3, 0.4) is 0 Å². The summed E-state index contributed by atoms with van der Waals surface area (Å²) in [6, 6.07) is 8.62. The van der Waals surface area contributed by atoms with E-state index in [0.29, 0.717) is 0 Å². The molecule has 0 spiro atoms. The summed E-state index contributed by atoms with van der Waals surface area (Å²) >= 11 is 0. The van der Waals surface area contributed by atoms with Gasteiger partial charge in [-0.05, 0) is 50.5 Å². The number of rotatable bonds is 1. The quantitative estimate of drug-likeness (QED) is 0.819. The highest BCUT2D eigenvalue weighted by atomic mass is 19.1. The number of halogens is 1. The van der Waals surface area contributed by atoms with Gasteiger partial charge < -0.3 is 9.67 Å². The molecule has 0 saturated heterocycles. The van der Waals surface area contributed by atoms with E-state index in [-0.39, 0.29) is 11.9 Å². The van der Waals surface area contributed by atoms with Crippen LogP contribution in [0.15, 0.2) is 30.3 Å². The molecule has 3 heteroatoms. The maximum atomic E-state index is 13.3. The maximum Gasteiger partial charge on any atom is 0.125 e. The first-order valence-electron chi connectivity index (χ1n) is 6.32. The minimum atomic E-state index is -0.373. The van der Waals surface area contributed by atoms with Crippen LogP contribution >= 0.6 is 0 Å². The molecule has 1 atom stereocenters. The van der Waals surface area contributed by atoms with Crippen LogP contribution in [0.4, 0.5) is 4.39 Å². The Bertz CT molecular complexity index is 588. The second kappa shape index (κ2) is 4.25. The van der Waals surface area contributed by atoms with E-state index in [9.17, 15) is 9.50 Å². The lowest BCUT2D eigenvalue weighted by molar-refractivity contribution is 0.156. The number of hydrogen-bond acceptors (Lipinski definition) is 1. The van der Waals surface area contributed by atoms with Crippen molar-refractivity contribution < 1.29 is 9.50 Å². The number of aromatic nitrogens is 1. The molecule has 1 heterocycles. The molecule has 1 aliphatic rings. The fraction of sp³-hybridized carbons (Fsp3) is 0.333. The van der Waals surface area contributed by atoms with Gasteiger partial charge in [0.1, 0.15) is 5.82 Å². The predicted molar refractivity (Wildman–Crippen MR) is 68.4 cm³/mol. The van der Waals surface area contributed by atoms with Crippen LogP contribution in [0.1, 0.15) is 35.9 Å². The van der Waals surface area contributed by atoms with Crippen LogP contribution < -0.4 is 0 Å². The molecule has 0 saturated carbocycles. The summed E-state index contributed by atoms with van der Waals surface area (Å²) in [6.45, 7) is 2.00. The van der Waals surface area contributed by atoms with E-state index in [2.05, 4.69) is 4.57 Å². The van der Waals surface area contributed by atoms with E-state index in [4.69, 9.17) is 0 Å². The zero-order valence-corrected chi connectivity index (χ0v) is 10.4. The Morgan fingerprint density at radius 3 is 2.94 bits per heavy atom. The van der Waals surface area contributed by atoms with Gasteiger partial charge in [-0.1, -0.05) is 6.07 Å². The molecule has 2 nitrogen and oxygen atoms in total. The molecule has 1 aliphatic carbocycles. The van der Waals surface area contributed by atoms with Gasteiger partial charge in [-0.15, -0.1) is 0 Å². The molecule has 18 heavy (non-hydrogen) atoms. The van der Waals surface area contributed by atoms with Gasteiger partial charge >= 0.3 is 0 Å². The van der Waals surface area contributed by atoms with Crippen LogP contribution in [-0.4, -0.2) is 9.67 Å². The molecule has 3 rings (SSSR count). The Kier molecular flexibility index (Phi) is 2.71. The van der Waals surface area contributed by atoms with Gasteiger partial charge in [0.05, 0.1) is 6.10 Å². The third kappa shape index (κ3) is 1.75. The molecule has 0 bridgehead atoms. The average Bonchev–Trinajstić information content (AvgIpc) is 2.67. The summed E-state index contributed by atoms with van der Waals surface area (Å²) in [7, 11) is 0. The second-order valence-corrected chi connectivity index (χ2v) is 4.91. The summed E-state index contributed by atoms with van der Waals surface area (Å²) in [4.78, 5) is 0. The lowest BCUT2D eigenvalue weighted by atomic mass is 9.95. The Labute approximate surface area is 106 Å². The molecule has 1 unspecified atom stereocenters. The third-order valence-corrected chi connectivity index (χ3v) is 3.64. The molecule has 0 aliphatic heterocycles. The molecule has 2 aromatic rings. The molecule has 1 aromatic heterocycles. The van der Waals surface area contributed by atoms with Crippen molar-refractivity contribution in [2.24, 2.45) is 0 Å². The minimum absolute atomic E-state index is 0.231. The number of fused-ring (bicyclic) bond motifs is 1. The van der Waals surface area contributed by atoms with Crippen LogP contribution in [0, 0.1) is 12.7 Å². The van der Waals surface area contributed by atoms with Crippen LogP contribution in [0.2, 0.25) is 0 Å². The van der Waals surface area contributed by atoms with Crippen molar-refractivity contribution in [3.8, 4) is 5.69 Å². The molecular weight excluding hydrogens is 229 g/mol. The van der Waals surface area contributed by atoms with Gasteiger partial charge in [-0.2, -0.15) is 0 Å². The monoisotopic (exact) mass is 245 g/mol. The first kappa shape index (κ1) is 11.5. The topological polar surface area (TPSA) is 25.2 Å². The van der Waals surface area contributed by atoms with Gasteiger partial charge in [-0.25, -0.2) is 4.39 Å².